The van der Waals surface area contributed by atoms with E-state index in [4.69, 9.17) is 4.74 Å². The van der Waals surface area contributed by atoms with Crippen LogP contribution in [0.25, 0.3) is 0 Å². The van der Waals surface area contributed by atoms with Gasteiger partial charge in [-0.2, -0.15) is 0 Å². The molecule has 15 heavy (non-hydrogen) atoms. The molecule has 0 aliphatic heterocycles. The second kappa shape index (κ2) is 5.86. The molecule has 0 spiro atoms. The van der Waals surface area contributed by atoms with Gasteiger partial charge in [0.1, 0.15) is 0 Å². The molecule has 0 amide bonds. The van der Waals surface area contributed by atoms with Gasteiger partial charge in [-0.15, -0.1) is 0 Å². The van der Waals surface area contributed by atoms with Gasteiger partial charge in [-0.3, -0.25) is 0 Å². The predicted octanol–water partition coefficient (Wildman–Crippen LogP) is 2.97. The van der Waals surface area contributed by atoms with Crippen LogP contribution in [0.5, 0.6) is 0 Å². The molecule has 0 aromatic carbocycles. The van der Waals surface area contributed by atoms with Crippen molar-refractivity contribution in [1.82, 2.24) is 5.32 Å². The van der Waals surface area contributed by atoms with Gasteiger partial charge in [0.15, 0.2) is 0 Å². The first-order valence-electron chi connectivity index (χ1n) is 6.43. The van der Waals surface area contributed by atoms with E-state index >= 15 is 0 Å². The highest BCUT2D eigenvalue weighted by Gasteiger charge is 2.39. The van der Waals surface area contributed by atoms with Crippen molar-refractivity contribution >= 4 is 0 Å². The smallest absolute Gasteiger partial charge is 0.0693 e. The summed E-state index contributed by atoms with van der Waals surface area (Å²) < 4.78 is 5.71. The normalized spacial score (nSPS) is 21.4. The number of hydrogen-bond acceptors (Lipinski definition) is 2. The Labute approximate surface area is 94.8 Å². The number of hydrogen-bond donors (Lipinski definition) is 1. The second-order valence-corrected chi connectivity index (χ2v) is 4.92. The number of ether oxygens (including phenoxy) is 1. The van der Waals surface area contributed by atoms with Gasteiger partial charge < -0.3 is 10.1 Å². The molecule has 2 nitrogen and oxygen atoms in total. The van der Waals surface area contributed by atoms with Crippen LogP contribution < -0.4 is 5.32 Å². The minimum atomic E-state index is 0.205. The summed E-state index contributed by atoms with van der Waals surface area (Å²) in [5.74, 6) is 0.794. The summed E-state index contributed by atoms with van der Waals surface area (Å²) >= 11 is 0. The maximum absolute atomic E-state index is 5.71. The van der Waals surface area contributed by atoms with E-state index in [1.807, 2.05) is 7.11 Å². The molecule has 1 fully saturated rings. The summed E-state index contributed by atoms with van der Waals surface area (Å²) in [7, 11) is 3.96. The van der Waals surface area contributed by atoms with Gasteiger partial charge in [-0.1, -0.05) is 26.7 Å². The standard InChI is InChI=1S/C13H27NO/c1-5-11(6-2)12(14-3)10-13(15-4)8-7-9-13/h11-12,14H,5-10H2,1-4H3. The van der Waals surface area contributed by atoms with Crippen molar-refractivity contribution in [3.63, 3.8) is 0 Å². The minimum absolute atomic E-state index is 0.205. The van der Waals surface area contributed by atoms with Crippen molar-refractivity contribution in [3.8, 4) is 0 Å². The largest absolute Gasteiger partial charge is 0.378 e. The first kappa shape index (κ1) is 13.0. The van der Waals surface area contributed by atoms with E-state index < -0.39 is 0 Å². The first-order valence-corrected chi connectivity index (χ1v) is 6.43. The molecule has 0 saturated heterocycles. The number of rotatable bonds is 7. The van der Waals surface area contributed by atoms with Crippen molar-refractivity contribution in [2.24, 2.45) is 5.92 Å². The van der Waals surface area contributed by atoms with E-state index in [2.05, 4.69) is 26.2 Å². The van der Waals surface area contributed by atoms with Crippen LogP contribution in [0.4, 0.5) is 0 Å². The second-order valence-electron chi connectivity index (χ2n) is 4.92. The lowest BCUT2D eigenvalue weighted by atomic mass is 9.73. The van der Waals surface area contributed by atoms with Crippen molar-refractivity contribution in [2.75, 3.05) is 14.2 Å². The van der Waals surface area contributed by atoms with Gasteiger partial charge in [0, 0.05) is 13.2 Å². The Hall–Kier alpha value is -0.0800. The molecule has 1 N–H and O–H groups in total. The molecule has 0 aromatic rings. The monoisotopic (exact) mass is 213 g/mol. The summed E-state index contributed by atoms with van der Waals surface area (Å²) in [5.41, 5.74) is 0.205. The zero-order valence-corrected chi connectivity index (χ0v) is 10.8. The van der Waals surface area contributed by atoms with E-state index in [1.54, 1.807) is 0 Å². The Balaban J connectivity index is 2.51. The highest BCUT2D eigenvalue weighted by Crippen LogP contribution is 2.40. The van der Waals surface area contributed by atoms with Gasteiger partial charge in [0.25, 0.3) is 0 Å². The molecule has 1 atom stereocenters. The molecule has 0 heterocycles. The summed E-state index contributed by atoms with van der Waals surface area (Å²) in [5, 5.41) is 3.48. The molecule has 2 heteroatoms. The van der Waals surface area contributed by atoms with Crippen LogP contribution in [0.1, 0.15) is 52.4 Å². The molecule has 0 aromatic heterocycles. The average Bonchev–Trinajstić information content (AvgIpc) is 2.22. The Morgan fingerprint density at radius 1 is 1.27 bits per heavy atom. The van der Waals surface area contributed by atoms with Crippen LogP contribution in [0, 0.1) is 5.92 Å². The SMILES string of the molecule is CCC(CC)C(CC1(OC)CCC1)NC. The maximum Gasteiger partial charge on any atom is 0.0693 e. The van der Waals surface area contributed by atoms with Gasteiger partial charge >= 0.3 is 0 Å². The van der Waals surface area contributed by atoms with Gasteiger partial charge in [0.05, 0.1) is 5.60 Å². The third-order valence-electron chi connectivity index (χ3n) is 4.28. The summed E-state index contributed by atoms with van der Waals surface area (Å²) in [6.45, 7) is 4.58. The zero-order chi connectivity index (χ0) is 11.3. The fraction of sp³-hybridized carbons (Fsp3) is 1.00. The van der Waals surface area contributed by atoms with Crippen LogP contribution in [0.15, 0.2) is 0 Å². The first-order chi connectivity index (χ1) is 7.21. The minimum Gasteiger partial charge on any atom is -0.378 e. The van der Waals surface area contributed by atoms with Crippen molar-refractivity contribution < 1.29 is 4.74 Å². The highest BCUT2D eigenvalue weighted by molar-refractivity contribution is 4.94. The average molecular weight is 213 g/mol. The molecule has 1 saturated carbocycles. The maximum atomic E-state index is 5.71. The van der Waals surface area contributed by atoms with Crippen LogP contribution in [-0.2, 0) is 4.74 Å². The molecule has 1 unspecified atom stereocenters. The van der Waals surface area contributed by atoms with Crippen LogP contribution in [-0.4, -0.2) is 25.8 Å². The van der Waals surface area contributed by atoms with Gasteiger partial charge in [-0.05, 0) is 38.6 Å². The zero-order valence-electron chi connectivity index (χ0n) is 10.8. The third kappa shape index (κ3) is 2.94. The van der Waals surface area contributed by atoms with Crippen molar-refractivity contribution in [3.05, 3.63) is 0 Å². The lowest BCUT2D eigenvalue weighted by Crippen LogP contribution is -2.47. The quantitative estimate of drug-likeness (QED) is 0.702. The van der Waals surface area contributed by atoms with E-state index in [0.717, 1.165) is 5.92 Å². The molecular weight excluding hydrogens is 186 g/mol. The van der Waals surface area contributed by atoms with Crippen LogP contribution in [0.3, 0.4) is 0 Å². The molecule has 0 radical (unpaired) electrons. The molecule has 90 valence electrons. The Morgan fingerprint density at radius 2 is 1.87 bits per heavy atom. The Bertz CT molecular complexity index is 168. The molecule has 1 aliphatic rings. The van der Waals surface area contributed by atoms with E-state index in [9.17, 15) is 0 Å². The van der Waals surface area contributed by atoms with Crippen molar-refractivity contribution in [2.45, 2.75) is 64.0 Å². The predicted molar refractivity (Wildman–Crippen MR) is 65.1 cm³/mol. The molecule has 0 bridgehead atoms. The van der Waals surface area contributed by atoms with Gasteiger partial charge in [0.2, 0.25) is 0 Å². The lowest BCUT2D eigenvalue weighted by molar-refractivity contribution is -0.0867. The fourth-order valence-corrected chi connectivity index (χ4v) is 2.83. The molecule has 1 aliphatic carbocycles. The summed E-state index contributed by atoms with van der Waals surface area (Å²) in [4.78, 5) is 0. The van der Waals surface area contributed by atoms with Gasteiger partial charge in [-0.25, -0.2) is 0 Å². The summed E-state index contributed by atoms with van der Waals surface area (Å²) in [6.07, 6.45) is 7.56. The highest BCUT2D eigenvalue weighted by atomic mass is 16.5. The van der Waals surface area contributed by atoms with Crippen LogP contribution in [0.2, 0.25) is 0 Å². The van der Waals surface area contributed by atoms with Crippen molar-refractivity contribution in [1.29, 1.82) is 0 Å². The fourth-order valence-electron chi connectivity index (χ4n) is 2.83. The lowest BCUT2D eigenvalue weighted by Gasteiger charge is -2.44. The molecular formula is C13H27NO. The van der Waals surface area contributed by atoms with E-state index in [1.165, 1.54) is 38.5 Å². The summed E-state index contributed by atoms with van der Waals surface area (Å²) in [6, 6.07) is 0.625. The molecule has 1 rings (SSSR count). The third-order valence-corrected chi connectivity index (χ3v) is 4.28. The Morgan fingerprint density at radius 3 is 2.13 bits per heavy atom. The number of methoxy groups -OCH3 is 1. The number of nitrogens with one attached hydrogen (secondary N) is 1. The topological polar surface area (TPSA) is 21.3 Å². The van der Waals surface area contributed by atoms with E-state index in [-0.39, 0.29) is 5.60 Å². The van der Waals surface area contributed by atoms with E-state index in [0.29, 0.717) is 6.04 Å². The Kier molecular flexibility index (Phi) is 5.07. The van der Waals surface area contributed by atoms with Crippen LogP contribution >= 0.6 is 0 Å².